The first kappa shape index (κ1) is 21.1. The number of nitrogens with zero attached hydrogens (tertiary/aromatic N) is 2. The van der Waals surface area contributed by atoms with Crippen LogP contribution in [-0.2, 0) is 26.0 Å². The maximum atomic E-state index is 12.9. The van der Waals surface area contributed by atoms with Crippen molar-refractivity contribution >= 4 is 33.2 Å². The van der Waals surface area contributed by atoms with Crippen LogP contribution in [0.1, 0.15) is 12.5 Å². The van der Waals surface area contributed by atoms with Gasteiger partial charge in [-0.15, -0.1) is 0 Å². The van der Waals surface area contributed by atoms with E-state index in [0.29, 0.717) is 32.8 Å². The predicted octanol–water partition coefficient (Wildman–Crippen LogP) is 2.72. The average Bonchev–Trinajstić information content (AvgIpc) is 3.19. The zero-order valence-corrected chi connectivity index (χ0v) is 18.2. The lowest BCUT2D eigenvalue weighted by atomic mass is 10.2. The maximum Gasteiger partial charge on any atom is 0.267 e. The van der Waals surface area contributed by atoms with E-state index in [1.807, 2.05) is 24.3 Å². The third-order valence-electron chi connectivity index (χ3n) is 5.32. The fraction of sp³-hybridized carbons (Fsp3) is 0.381. The van der Waals surface area contributed by atoms with Crippen molar-refractivity contribution in [2.24, 2.45) is 0 Å². The molecule has 0 saturated carbocycles. The summed E-state index contributed by atoms with van der Waals surface area (Å²) in [6.07, 6.45) is 0.0408. The van der Waals surface area contributed by atoms with Gasteiger partial charge in [-0.1, -0.05) is 29.8 Å². The van der Waals surface area contributed by atoms with Gasteiger partial charge in [0, 0.05) is 25.3 Å². The van der Waals surface area contributed by atoms with Crippen molar-refractivity contribution < 1.29 is 22.7 Å². The van der Waals surface area contributed by atoms with Crippen molar-refractivity contribution in [3.8, 4) is 5.75 Å². The Balaban J connectivity index is 1.48. The van der Waals surface area contributed by atoms with Crippen molar-refractivity contribution in [2.45, 2.75) is 24.3 Å². The van der Waals surface area contributed by atoms with Crippen LogP contribution in [0.5, 0.6) is 5.75 Å². The Morgan fingerprint density at radius 1 is 1.13 bits per heavy atom. The van der Waals surface area contributed by atoms with Gasteiger partial charge in [0.1, 0.15) is 5.75 Å². The number of morpholine rings is 1. The molecular weight excluding hydrogens is 428 g/mol. The van der Waals surface area contributed by atoms with Gasteiger partial charge in [-0.25, -0.2) is 8.42 Å². The first-order valence-electron chi connectivity index (χ1n) is 9.81. The predicted molar refractivity (Wildman–Crippen MR) is 114 cm³/mol. The number of hydrogen-bond acceptors (Lipinski definition) is 5. The molecule has 2 heterocycles. The van der Waals surface area contributed by atoms with Gasteiger partial charge in [0.25, 0.3) is 5.91 Å². The van der Waals surface area contributed by atoms with Crippen LogP contribution in [0, 0.1) is 0 Å². The number of carbonyl (C=O) groups is 1. The highest BCUT2D eigenvalue weighted by molar-refractivity contribution is 7.89. The molecule has 0 N–H and O–H groups in total. The zero-order valence-electron chi connectivity index (χ0n) is 16.6. The summed E-state index contributed by atoms with van der Waals surface area (Å²) >= 11 is 6.31. The molecule has 2 aliphatic heterocycles. The number of benzene rings is 2. The molecule has 1 atom stereocenters. The van der Waals surface area contributed by atoms with Crippen LogP contribution in [0.3, 0.4) is 0 Å². The van der Waals surface area contributed by atoms with E-state index in [0.717, 1.165) is 17.7 Å². The first-order chi connectivity index (χ1) is 14.4. The topological polar surface area (TPSA) is 76.1 Å². The van der Waals surface area contributed by atoms with Crippen molar-refractivity contribution in [2.75, 3.05) is 37.7 Å². The summed E-state index contributed by atoms with van der Waals surface area (Å²) in [7, 11) is -3.65. The molecule has 1 amide bonds. The second-order valence-corrected chi connectivity index (χ2v) is 9.58. The van der Waals surface area contributed by atoms with Crippen LogP contribution < -0.4 is 9.64 Å². The van der Waals surface area contributed by atoms with E-state index >= 15 is 0 Å². The van der Waals surface area contributed by atoms with E-state index in [9.17, 15) is 13.2 Å². The quantitative estimate of drug-likeness (QED) is 0.700. The highest BCUT2D eigenvalue weighted by Gasteiger charge is 2.30. The van der Waals surface area contributed by atoms with Gasteiger partial charge in [-0.05, 0) is 43.2 Å². The highest BCUT2D eigenvalue weighted by Crippen LogP contribution is 2.32. The molecule has 7 nitrogen and oxygen atoms in total. The maximum absolute atomic E-state index is 12.9. The normalized spacial score (nSPS) is 18.1. The van der Waals surface area contributed by atoms with Crippen molar-refractivity contribution in [1.29, 1.82) is 0 Å². The third-order valence-corrected chi connectivity index (χ3v) is 7.51. The Hall–Kier alpha value is -2.13. The highest BCUT2D eigenvalue weighted by atomic mass is 35.5. The lowest BCUT2D eigenvalue weighted by Crippen LogP contribution is -2.40. The number of fused-ring (bicyclic) bond motifs is 1. The molecule has 2 aromatic carbocycles. The molecule has 9 heteroatoms. The van der Waals surface area contributed by atoms with Gasteiger partial charge < -0.3 is 14.4 Å². The first-order valence-corrected chi connectivity index (χ1v) is 11.6. The Morgan fingerprint density at radius 2 is 1.87 bits per heavy atom. The van der Waals surface area contributed by atoms with Gasteiger partial charge in [0.15, 0.2) is 6.10 Å². The molecule has 4 rings (SSSR count). The lowest BCUT2D eigenvalue weighted by molar-refractivity contribution is -0.124. The van der Waals surface area contributed by atoms with Crippen molar-refractivity contribution in [3.63, 3.8) is 0 Å². The monoisotopic (exact) mass is 450 g/mol. The summed E-state index contributed by atoms with van der Waals surface area (Å²) in [5, 5.41) is 0.144. The number of sulfonamides is 1. The van der Waals surface area contributed by atoms with E-state index in [2.05, 4.69) is 0 Å². The fourth-order valence-electron chi connectivity index (χ4n) is 3.70. The van der Waals surface area contributed by atoms with Crippen LogP contribution in [-0.4, -0.2) is 57.6 Å². The number of anilines is 1. The molecule has 0 unspecified atom stereocenters. The molecule has 0 bridgehead atoms. The molecular formula is C21H23ClN2O5S. The molecule has 2 aliphatic rings. The van der Waals surface area contributed by atoms with Crippen LogP contribution >= 0.6 is 11.6 Å². The smallest absolute Gasteiger partial charge is 0.267 e. The molecule has 0 spiro atoms. The minimum atomic E-state index is -3.65. The molecule has 1 fully saturated rings. The largest absolute Gasteiger partial charge is 0.479 e. The molecule has 1 saturated heterocycles. The van der Waals surface area contributed by atoms with E-state index in [-0.39, 0.29) is 21.6 Å². The van der Waals surface area contributed by atoms with Gasteiger partial charge in [0.05, 0.1) is 23.1 Å². The SMILES string of the molecule is C[C@H](Oc1ccc(S(=O)(=O)N2CCOCC2)cc1Cl)C(=O)N1CCc2ccccc21. The van der Waals surface area contributed by atoms with Crippen LogP contribution in [0.4, 0.5) is 5.69 Å². The fourth-order valence-corrected chi connectivity index (χ4v) is 5.43. The second-order valence-electron chi connectivity index (χ2n) is 7.24. The summed E-state index contributed by atoms with van der Waals surface area (Å²) in [6, 6.07) is 12.1. The molecule has 2 aromatic rings. The Bertz CT molecular complexity index is 1050. The third kappa shape index (κ3) is 4.05. The van der Waals surface area contributed by atoms with E-state index < -0.39 is 16.1 Å². The number of halogens is 1. The second kappa shape index (κ2) is 8.55. The van der Waals surface area contributed by atoms with Gasteiger partial charge in [0.2, 0.25) is 10.0 Å². The molecule has 30 heavy (non-hydrogen) atoms. The Kier molecular flexibility index (Phi) is 6.02. The number of rotatable bonds is 5. The summed E-state index contributed by atoms with van der Waals surface area (Å²) in [5.74, 6) is 0.104. The Labute approximate surface area is 181 Å². The van der Waals surface area contributed by atoms with Crippen LogP contribution in [0.2, 0.25) is 5.02 Å². The lowest BCUT2D eigenvalue weighted by Gasteiger charge is -2.26. The molecule has 0 aromatic heterocycles. The molecule has 0 radical (unpaired) electrons. The van der Waals surface area contributed by atoms with Crippen molar-refractivity contribution in [3.05, 3.63) is 53.1 Å². The standard InChI is InChI=1S/C21H23ClN2O5S/c1-15(21(25)24-9-8-16-4-2-3-5-19(16)24)29-20-7-6-17(14-18(20)22)30(26,27)23-10-12-28-13-11-23/h2-7,14-15H,8-13H2,1H3/t15-/m0/s1. The van der Waals surface area contributed by atoms with E-state index in [1.165, 1.54) is 22.5 Å². The number of ether oxygens (including phenoxy) is 2. The summed E-state index contributed by atoms with van der Waals surface area (Å²) in [5.41, 5.74) is 2.03. The van der Waals surface area contributed by atoms with Gasteiger partial charge >= 0.3 is 0 Å². The number of para-hydroxylation sites is 1. The zero-order chi connectivity index (χ0) is 21.3. The van der Waals surface area contributed by atoms with Gasteiger partial charge in [-0.2, -0.15) is 4.31 Å². The van der Waals surface area contributed by atoms with E-state index in [4.69, 9.17) is 21.1 Å². The minimum Gasteiger partial charge on any atom is -0.479 e. The molecule has 160 valence electrons. The average molecular weight is 451 g/mol. The minimum absolute atomic E-state index is 0.0919. The van der Waals surface area contributed by atoms with Crippen LogP contribution in [0.15, 0.2) is 47.4 Å². The number of hydrogen-bond donors (Lipinski definition) is 0. The Morgan fingerprint density at radius 3 is 2.60 bits per heavy atom. The van der Waals surface area contributed by atoms with E-state index in [1.54, 1.807) is 11.8 Å². The van der Waals surface area contributed by atoms with Crippen molar-refractivity contribution in [1.82, 2.24) is 4.31 Å². The number of amides is 1. The summed E-state index contributed by atoms with van der Waals surface area (Å²) in [6.45, 7) is 3.62. The number of carbonyl (C=O) groups excluding carboxylic acids is 1. The molecule has 0 aliphatic carbocycles. The van der Waals surface area contributed by atoms with Gasteiger partial charge in [-0.3, -0.25) is 4.79 Å². The van der Waals surface area contributed by atoms with Crippen LogP contribution in [0.25, 0.3) is 0 Å². The summed E-state index contributed by atoms with van der Waals surface area (Å²) < 4.78 is 38.0. The summed E-state index contributed by atoms with van der Waals surface area (Å²) in [4.78, 5) is 14.7.